The Balaban J connectivity index is 1.93. The monoisotopic (exact) mass is 381 g/mol. The lowest BCUT2D eigenvalue weighted by molar-refractivity contribution is 0.00271. The van der Waals surface area contributed by atoms with Crippen molar-refractivity contribution in [2.75, 3.05) is 53.0 Å². The minimum absolute atomic E-state index is 0.466. The van der Waals surface area contributed by atoms with Crippen LogP contribution < -0.4 is 10.6 Å². The van der Waals surface area contributed by atoms with Crippen LogP contribution in [0.15, 0.2) is 4.99 Å². The van der Waals surface area contributed by atoms with E-state index in [9.17, 15) is 0 Å². The number of aliphatic imine (C=N–C) groups is 1. The summed E-state index contributed by atoms with van der Waals surface area (Å²) in [7, 11) is 1.88. The summed E-state index contributed by atoms with van der Waals surface area (Å²) in [6.07, 6.45) is 2.44. The van der Waals surface area contributed by atoms with Crippen LogP contribution in [-0.2, 0) is 4.74 Å². The Morgan fingerprint density at radius 3 is 2.30 bits per heavy atom. The van der Waals surface area contributed by atoms with Crippen LogP contribution in [0.4, 0.5) is 0 Å². The molecule has 2 aliphatic rings. The number of morpholine rings is 1. The average Bonchev–Trinajstić information content (AvgIpc) is 3.05. The molecule has 2 fully saturated rings. The molecule has 0 aromatic rings. The van der Waals surface area contributed by atoms with Crippen molar-refractivity contribution in [3.63, 3.8) is 0 Å². The minimum Gasteiger partial charge on any atom is -0.379 e. The number of likely N-dealkylation sites (tertiary alicyclic amines) is 1. The molecule has 6 heteroatoms. The van der Waals surface area contributed by atoms with Gasteiger partial charge in [-0.05, 0) is 25.7 Å². The molecule has 0 amide bonds. The summed E-state index contributed by atoms with van der Waals surface area (Å²) >= 11 is 0. The van der Waals surface area contributed by atoms with Gasteiger partial charge in [0.25, 0.3) is 0 Å². The van der Waals surface area contributed by atoms with E-state index in [1.165, 1.54) is 12.8 Å². The highest BCUT2D eigenvalue weighted by atomic mass is 16.5. The fourth-order valence-corrected chi connectivity index (χ4v) is 4.52. The van der Waals surface area contributed by atoms with Crippen LogP contribution in [0, 0.1) is 11.8 Å². The molecule has 0 aromatic heterocycles. The first-order valence-corrected chi connectivity index (χ1v) is 11.0. The van der Waals surface area contributed by atoms with Crippen molar-refractivity contribution < 1.29 is 4.74 Å². The van der Waals surface area contributed by atoms with Crippen LogP contribution in [0.3, 0.4) is 0 Å². The van der Waals surface area contributed by atoms with E-state index in [0.29, 0.717) is 30.0 Å². The van der Waals surface area contributed by atoms with E-state index in [0.717, 1.165) is 51.9 Å². The van der Waals surface area contributed by atoms with Gasteiger partial charge in [-0.3, -0.25) is 14.8 Å². The molecule has 2 aliphatic heterocycles. The highest BCUT2D eigenvalue weighted by molar-refractivity contribution is 5.80. The standard InChI is InChI=1S/C21H43N5O/c1-7-18(8-2)20(25-9-11-27-12-10-25)13-23-21(22-6)24-19-15-26(16(3)4)14-17(19)5/h16-20H,7-15H2,1-6H3,(H2,22,23,24). The van der Waals surface area contributed by atoms with Gasteiger partial charge in [-0.1, -0.05) is 33.6 Å². The molecular weight excluding hydrogens is 338 g/mol. The maximum absolute atomic E-state index is 5.57. The number of nitrogens with one attached hydrogen (secondary N) is 2. The van der Waals surface area contributed by atoms with Gasteiger partial charge in [-0.25, -0.2) is 0 Å². The van der Waals surface area contributed by atoms with Crippen LogP contribution in [-0.4, -0.2) is 86.9 Å². The molecule has 6 nitrogen and oxygen atoms in total. The normalized spacial score (nSPS) is 26.7. The zero-order chi connectivity index (χ0) is 19.8. The number of nitrogens with zero attached hydrogens (tertiary/aromatic N) is 3. The maximum atomic E-state index is 5.57. The van der Waals surface area contributed by atoms with Crippen molar-refractivity contribution in [3.05, 3.63) is 0 Å². The number of ether oxygens (including phenoxy) is 1. The average molecular weight is 382 g/mol. The van der Waals surface area contributed by atoms with Gasteiger partial charge < -0.3 is 15.4 Å². The van der Waals surface area contributed by atoms with E-state index in [-0.39, 0.29) is 0 Å². The molecule has 2 rings (SSSR count). The lowest BCUT2D eigenvalue weighted by atomic mass is 9.92. The van der Waals surface area contributed by atoms with E-state index in [1.807, 2.05) is 7.05 Å². The van der Waals surface area contributed by atoms with E-state index < -0.39 is 0 Å². The second kappa shape index (κ2) is 11.2. The Morgan fingerprint density at radius 1 is 1.11 bits per heavy atom. The Labute approximate surface area is 167 Å². The van der Waals surface area contributed by atoms with Crippen molar-refractivity contribution in [3.8, 4) is 0 Å². The highest BCUT2D eigenvalue weighted by Crippen LogP contribution is 2.20. The Kier molecular flexibility index (Phi) is 9.33. The zero-order valence-corrected chi connectivity index (χ0v) is 18.5. The summed E-state index contributed by atoms with van der Waals surface area (Å²) in [5, 5.41) is 7.33. The SMILES string of the molecule is CCC(CC)C(CNC(=NC)NC1CN(C(C)C)CC1C)N1CCOCC1. The van der Waals surface area contributed by atoms with Crippen molar-refractivity contribution >= 4 is 5.96 Å². The molecule has 0 radical (unpaired) electrons. The van der Waals surface area contributed by atoms with Gasteiger partial charge in [0.15, 0.2) is 5.96 Å². The van der Waals surface area contributed by atoms with Gasteiger partial charge in [0, 0.05) is 57.9 Å². The first-order chi connectivity index (χ1) is 13.0. The van der Waals surface area contributed by atoms with Gasteiger partial charge in [0.05, 0.1) is 13.2 Å². The molecule has 3 unspecified atom stereocenters. The lowest BCUT2D eigenvalue weighted by Crippen LogP contribution is -2.54. The molecule has 0 spiro atoms. The number of guanidine groups is 1. The quantitative estimate of drug-likeness (QED) is 0.498. The summed E-state index contributed by atoms with van der Waals surface area (Å²) in [6, 6.07) is 1.61. The van der Waals surface area contributed by atoms with Crippen molar-refractivity contribution in [2.24, 2.45) is 16.8 Å². The molecule has 2 saturated heterocycles. The smallest absolute Gasteiger partial charge is 0.191 e. The van der Waals surface area contributed by atoms with Gasteiger partial charge in [0.1, 0.15) is 0 Å². The predicted octanol–water partition coefficient (Wildman–Crippen LogP) is 2.02. The Morgan fingerprint density at radius 2 is 1.78 bits per heavy atom. The van der Waals surface area contributed by atoms with E-state index in [4.69, 9.17) is 4.74 Å². The van der Waals surface area contributed by atoms with E-state index >= 15 is 0 Å². The van der Waals surface area contributed by atoms with Crippen LogP contribution in [0.1, 0.15) is 47.5 Å². The first kappa shape index (κ1) is 22.4. The third kappa shape index (κ3) is 6.33. The fraction of sp³-hybridized carbons (Fsp3) is 0.952. The molecule has 0 saturated carbocycles. The summed E-state index contributed by atoms with van der Waals surface area (Å²) < 4.78 is 5.57. The van der Waals surface area contributed by atoms with Crippen molar-refractivity contribution in [1.29, 1.82) is 0 Å². The van der Waals surface area contributed by atoms with Crippen LogP contribution in [0.2, 0.25) is 0 Å². The van der Waals surface area contributed by atoms with Gasteiger partial charge in [-0.2, -0.15) is 0 Å². The molecule has 0 bridgehead atoms. The molecule has 158 valence electrons. The van der Waals surface area contributed by atoms with Crippen molar-refractivity contribution in [2.45, 2.75) is 65.6 Å². The molecule has 0 aromatic carbocycles. The molecule has 27 heavy (non-hydrogen) atoms. The fourth-order valence-electron chi connectivity index (χ4n) is 4.52. The second-order valence-electron chi connectivity index (χ2n) is 8.52. The van der Waals surface area contributed by atoms with Crippen LogP contribution in [0.5, 0.6) is 0 Å². The molecule has 3 atom stereocenters. The molecule has 2 heterocycles. The maximum Gasteiger partial charge on any atom is 0.191 e. The predicted molar refractivity (Wildman–Crippen MR) is 114 cm³/mol. The molecule has 0 aliphatic carbocycles. The van der Waals surface area contributed by atoms with Crippen molar-refractivity contribution in [1.82, 2.24) is 20.4 Å². The zero-order valence-electron chi connectivity index (χ0n) is 18.5. The van der Waals surface area contributed by atoms with Crippen LogP contribution >= 0.6 is 0 Å². The second-order valence-corrected chi connectivity index (χ2v) is 8.52. The first-order valence-electron chi connectivity index (χ1n) is 11.0. The van der Waals surface area contributed by atoms with Gasteiger partial charge >= 0.3 is 0 Å². The highest BCUT2D eigenvalue weighted by Gasteiger charge is 2.32. The number of hydrogen-bond acceptors (Lipinski definition) is 4. The lowest BCUT2D eigenvalue weighted by Gasteiger charge is -2.39. The summed E-state index contributed by atoms with van der Waals surface area (Å²) in [5.74, 6) is 2.29. The third-order valence-electron chi connectivity index (χ3n) is 6.50. The largest absolute Gasteiger partial charge is 0.379 e. The minimum atomic E-state index is 0.466. The summed E-state index contributed by atoms with van der Waals surface area (Å²) in [4.78, 5) is 9.68. The van der Waals surface area contributed by atoms with Crippen LogP contribution in [0.25, 0.3) is 0 Å². The van der Waals surface area contributed by atoms with E-state index in [1.54, 1.807) is 0 Å². The topological polar surface area (TPSA) is 52.1 Å². The number of rotatable bonds is 8. The Hall–Kier alpha value is -0.850. The molecule has 2 N–H and O–H groups in total. The number of hydrogen-bond donors (Lipinski definition) is 2. The van der Waals surface area contributed by atoms with Gasteiger partial charge in [-0.15, -0.1) is 0 Å². The summed E-state index contributed by atoms with van der Waals surface area (Å²) in [6.45, 7) is 18.5. The van der Waals surface area contributed by atoms with E-state index in [2.05, 4.69) is 60.0 Å². The third-order valence-corrected chi connectivity index (χ3v) is 6.50. The summed E-state index contributed by atoms with van der Waals surface area (Å²) in [5.41, 5.74) is 0. The van der Waals surface area contributed by atoms with Gasteiger partial charge in [0.2, 0.25) is 0 Å². The molecular formula is C21H43N5O. The Bertz CT molecular complexity index is 446.